The number of hydrogen-bond acceptors (Lipinski definition) is 3. The Bertz CT molecular complexity index is 306. The van der Waals surface area contributed by atoms with Gasteiger partial charge >= 0.3 is 11.9 Å². The van der Waals surface area contributed by atoms with E-state index in [0.717, 1.165) is 0 Å². The molecule has 0 fully saturated rings. The Morgan fingerprint density at radius 3 is 2.23 bits per heavy atom. The van der Waals surface area contributed by atoms with Crippen molar-refractivity contribution in [1.82, 2.24) is 4.98 Å². The van der Waals surface area contributed by atoms with Crippen LogP contribution in [0.2, 0.25) is 0 Å². The summed E-state index contributed by atoms with van der Waals surface area (Å²) in [4.78, 5) is 24.2. The van der Waals surface area contributed by atoms with Gasteiger partial charge in [0.15, 0.2) is 5.69 Å². The standard InChI is InChI=1S/C7H5NO4.Bi/c9-6(10)4-2-1-3-8-5(4)7(11)12;/h1-3H,(H,9,10)(H,11,12);. The van der Waals surface area contributed by atoms with E-state index in [4.69, 9.17) is 10.2 Å². The quantitative estimate of drug-likeness (QED) is 0.715. The second kappa shape index (κ2) is 4.87. The fraction of sp³-hybridized carbons (Fsp3) is 0. The Hall–Kier alpha value is -1.03. The zero-order valence-corrected chi connectivity index (χ0v) is 9.81. The molecular weight excluding hydrogens is 371 g/mol. The van der Waals surface area contributed by atoms with Crippen molar-refractivity contribution in [2.45, 2.75) is 0 Å². The summed E-state index contributed by atoms with van der Waals surface area (Å²) >= 11 is 0. The van der Waals surface area contributed by atoms with Crippen molar-refractivity contribution in [3.8, 4) is 0 Å². The number of aromatic carboxylic acids is 2. The SMILES string of the molecule is O=C(O)c1cccnc1C(=O)O.[Bi]. The maximum Gasteiger partial charge on any atom is 0.355 e. The van der Waals surface area contributed by atoms with Crippen LogP contribution in [0.5, 0.6) is 0 Å². The van der Waals surface area contributed by atoms with Crippen LogP contribution < -0.4 is 0 Å². The van der Waals surface area contributed by atoms with E-state index in [9.17, 15) is 9.59 Å². The fourth-order valence-corrected chi connectivity index (χ4v) is 0.748. The van der Waals surface area contributed by atoms with Gasteiger partial charge in [0.25, 0.3) is 0 Å². The molecule has 1 aromatic heterocycles. The number of nitrogens with zero attached hydrogens (tertiary/aromatic N) is 1. The molecule has 0 aliphatic rings. The van der Waals surface area contributed by atoms with E-state index in [1.54, 1.807) is 0 Å². The van der Waals surface area contributed by atoms with Crippen molar-refractivity contribution in [1.29, 1.82) is 0 Å². The normalized spacial score (nSPS) is 8.62. The van der Waals surface area contributed by atoms with Gasteiger partial charge in [-0.15, -0.1) is 0 Å². The minimum atomic E-state index is -1.34. The van der Waals surface area contributed by atoms with Gasteiger partial charge in [0, 0.05) is 32.4 Å². The first-order valence-corrected chi connectivity index (χ1v) is 3.04. The Morgan fingerprint density at radius 2 is 1.85 bits per heavy atom. The van der Waals surface area contributed by atoms with Gasteiger partial charge in [-0.1, -0.05) is 0 Å². The molecule has 0 bridgehead atoms. The summed E-state index contributed by atoms with van der Waals surface area (Å²) < 4.78 is 0. The van der Waals surface area contributed by atoms with Crippen molar-refractivity contribution in [2.24, 2.45) is 0 Å². The van der Waals surface area contributed by atoms with Crippen molar-refractivity contribution in [3.63, 3.8) is 0 Å². The Kier molecular flexibility index (Phi) is 4.48. The zero-order valence-electron chi connectivity index (χ0n) is 6.34. The molecule has 13 heavy (non-hydrogen) atoms. The molecule has 0 spiro atoms. The van der Waals surface area contributed by atoms with Gasteiger partial charge in [-0.3, -0.25) is 0 Å². The van der Waals surface area contributed by atoms with Crippen LogP contribution in [0, 0.1) is 0 Å². The molecule has 0 aromatic carbocycles. The number of hydrogen-bond donors (Lipinski definition) is 2. The average molecular weight is 376 g/mol. The molecule has 3 radical (unpaired) electrons. The molecule has 0 unspecified atom stereocenters. The van der Waals surface area contributed by atoms with E-state index >= 15 is 0 Å². The average Bonchev–Trinajstić information content (AvgIpc) is 2.04. The molecule has 1 rings (SSSR count). The second-order valence-corrected chi connectivity index (χ2v) is 2.01. The predicted octanol–water partition coefficient (Wildman–Crippen LogP) is 0.0972. The van der Waals surface area contributed by atoms with Crippen LogP contribution >= 0.6 is 0 Å². The molecule has 2 N–H and O–H groups in total. The molecule has 0 atom stereocenters. The van der Waals surface area contributed by atoms with Crippen LogP contribution in [0.4, 0.5) is 0 Å². The minimum absolute atomic E-state index is 0. The summed E-state index contributed by atoms with van der Waals surface area (Å²) in [5, 5.41) is 17.0. The molecule has 1 aromatic rings. The maximum atomic E-state index is 10.4. The van der Waals surface area contributed by atoms with Crippen LogP contribution in [-0.4, -0.2) is 53.3 Å². The number of carbonyl (C=O) groups is 2. The van der Waals surface area contributed by atoms with E-state index in [1.807, 2.05) is 0 Å². The van der Waals surface area contributed by atoms with Gasteiger partial charge in [0.05, 0.1) is 5.56 Å². The first-order chi connectivity index (χ1) is 5.63. The molecule has 6 heteroatoms. The fourth-order valence-electron chi connectivity index (χ4n) is 0.748. The van der Waals surface area contributed by atoms with Crippen LogP contribution in [0.3, 0.4) is 0 Å². The number of aromatic nitrogens is 1. The zero-order chi connectivity index (χ0) is 9.14. The number of carboxylic acids is 2. The molecule has 1 heterocycles. The van der Waals surface area contributed by atoms with Gasteiger partial charge in [0.1, 0.15) is 0 Å². The van der Waals surface area contributed by atoms with Crippen molar-refractivity contribution in [2.75, 3.05) is 0 Å². The van der Waals surface area contributed by atoms with Crippen LogP contribution in [0.25, 0.3) is 0 Å². The predicted molar refractivity (Wildman–Crippen MR) is 43.9 cm³/mol. The topological polar surface area (TPSA) is 87.5 Å². The van der Waals surface area contributed by atoms with Crippen LogP contribution in [0.1, 0.15) is 20.8 Å². The molecule has 0 saturated heterocycles. The summed E-state index contributed by atoms with van der Waals surface area (Å²) in [5.74, 6) is -2.63. The molecule has 0 aliphatic carbocycles. The smallest absolute Gasteiger partial charge is 0.355 e. The number of carboxylic acid groups (broad SMARTS) is 2. The van der Waals surface area contributed by atoms with Crippen LogP contribution in [0.15, 0.2) is 18.3 Å². The second-order valence-electron chi connectivity index (χ2n) is 2.01. The number of rotatable bonds is 2. The van der Waals surface area contributed by atoms with E-state index in [-0.39, 0.29) is 31.8 Å². The Balaban J connectivity index is 0.00000144. The van der Waals surface area contributed by atoms with Crippen LogP contribution in [-0.2, 0) is 0 Å². The summed E-state index contributed by atoms with van der Waals surface area (Å²) in [6, 6.07) is 2.56. The van der Waals surface area contributed by atoms with Gasteiger partial charge in [0.2, 0.25) is 0 Å². The van der Waals surface area contributed by atoms with Gasteiger partial charge < -0.3 is 10.2 Å². The van der Waals surface area contributed by atoms with Gasteiger partial charge in [-0.2, -0.15) is 0 Å². The third-order valence-electron chi connectivity index (χ3n) is 1.24. The summed E-state index contributed by atoms with van der Waals surface area (Å²) in [7, 11) is 0. The van der Waals surface area contributed by atoms with E-state index in [0.29, 0.717) is 0 Å². The van der Waals surface area contributed by atoms with Crippen molar-refractivity contribution in [3.05, 3.63) is 29.6 Å². The maximum absolute atomic E-state index is 10.4. The van der Waals surface area contributed by atoms with Crippen molar-refractivity contribution >= 4 is 38.1 Å². The third-order valence-corrected chi connectivity index (χ3v) is 1.24. The molecule has 0 aliphatic heterocycles. The largest absolute Gasteiger partial charge is 0.478 e. The molecule has 67 valence electrons. The minimum Gasteiger partial charge on any atom is -0.478 e. The van der Waals surface area contributed by atoms with E-state index < -0.39 is 17.6 Å². The van der Waals surface area contributed by atoms with E-state index in [1.165, 1.54) is 18.3 Å². The van der Waals surface area contributed by atoms with E-state index in [2.05, 4.69) is 4.98 Å². The first-order valence-electron chi connectivity index (χ1n) is 3.04. The monoisotopic (exact) mass is 376 g/mol. The molecule has 0 amide bonds. The van der Waals surface area contributed by atoms with Crippen molar-refractivity contribution < 1.29 is 19.8 Å². The van der Waals surface area contributed by atoms with Gasteiger partial charge in [-0.05, 0) is 12.1 Å². The molecule has 0 saturated carbocycles. The summed E-state index contributed by atoms with van der Waals surface area (Å²) in [6.07, 6.45) is 1.23. The summed E-state index contributed by atoms with van der Waals surface area (Å²) in [6.45, 7) is 0. The summed E-state index contributed by atoms with van der Waals surface area (Å²) in [5.41, 5.74) is -0.741. The molecular formula is C7H5BiNO4. The molecule has 5 nitrogen and oxygen atoms in total. The number of pyridine rings is 1. The third kappa shape index (κ3) is 2.74. The Labute approximate surface area is 92.5 Å². The van der Waals surface area contributed by atoms with Gasteiger partial charge in [-0.25, -0.2) is 14.6 Å². The first kappa shape index (κ1) is 12.0. The Morgan fingerprint density at radius 1 is 1.23 bits per heavy atom.